The van der Waals surface area contributed by atoms with Crippen LogP contribution < -0.4 is 0 Å². The average Bonchev–Trinajstić information content (AvgIpc) is 2.78. The number of likely N-dealkylation sites (tertiary alicyclic amines) is 1. The lowest BCUT2D eigenvalue weighted by Crippen LogP contribution is -2.46. The van der Waals surface area contributed by atoms with Crippen LogP contribution in [0.1, 0.15) is 54.7 Å². The number of carbonyl (C=O) groups excluding carboxylic acids is 1. The summed E-state index contributed by atoms with van der Waals surface area (Å²) in [5.74, 6) is 0.244. The molecule has 1 saturated heterocycles. The van der Waals surface area contributed by atoms with Crippen LogP contribution in [0.4, 0.5) is 0 Å². The smallest absolute Gasteiger partial charge is 0.179 e. The lowest BCUT2D eigenvalue weighted by atomic mass is 9.96. The second-order valence-corrected chi connectivity index (χ2v) is 6.90. The molecule has 2 aromatic rings. The number of carbonyl (C=O) groups is 1. The largest absolute Gasteiger partial charge is 0.358 e. The molecule has 0 saturated carbocycles. The molecule has 2 atom stereocenters. The van der Waals surface area contributed by atoms with Crippen molar-refractivity contribution < 1.29 is 4.79 Å². The molecular weight excluding hydrogens is 272 g/mol. The molecule has 0 unspecified atom stereocenters. The van der Waals surface area contributed by atoms with Gasteiger partial charge in [-0.2, -0.15) is 0 Å². The van der Waals surface area contributed by atoms with Gasteiger partial charge in [0.1, 0.15) is 0 Å². The van der Waals surface area contributed by atoms with Crippen molar-refractivity contribution in [1.82, 2.24) is 9.88 Å². The maximum atomic E-state index is 12.9. The van der Waals surface area contributed by atoms with Gasteiger partial charge >= 0.3 is 0 Å². The number of nitrogens with zero attached hydrogens (tertiary/aromatic N) is 1. The van der Waals surface area contributed by atoms with Crippen molar-refractivity contribution in [2.24, 2.45) is 0 Å². The third kappa shape index (κ3) is 2.70. The third-order valence-corrected chi connectivity index (χ3v) is 5.12. The van der Waals surface area contributed by atoms with Crippen molar-refractivity contribution in [2.45, 2.75) is 59.0 Å². The topological polar surface area (TPSA) is 36.1 Å². The molecule has 0 amide bonds. The number of aryl methyl sites for hydroxylation is 2. The summed E-state index contributed by atoms with van der Waals surface area (Å²) in [6.07, 6.45) is 3.67. The molecule has 0 spiro atoms. The van der Waals surface area contributed by atoms with Gasteiger partial charge in [0.25, 0.3) is 0 Å². The van der Waals surface area contributed by atoms with Crippen LogP contribution >= 0.6 is 0 Å². The average molecular weight is 298 g/mol. The summed E-state index contributed by atoms with van der Waals surface area (Å²) in [4.78, 5) is 18.7. The van der Waals surface area contributed by atoms with Gasteiger partial charge < -0.3 is 4.98 Å². The molecular formula is C19H26N2O. The molecule has 1 aliphatic heterocycles. The summed E-state index contributed by atoms with van der Waals surface area (Å²) >= 11 is 0. The molecule has 0 aliphatic carbocycles. The second kappa shape index (κ2) is 5.88. The second-order valence-electron chi connectivity index (χ2n) is 6.90. The number of aromatic amines is 1. The number of hydrogen-bond acceptors (Lipinski definition) is 2. The van der Waals surface area contributed by atoms with Gasteiger partial charge in [0.15, 0.2) is 5.78 Å². The van der Waals surface area contributed by atoms with Crippen LogP contribution in [-0.4, -0.2) is 34.3 Å². The zero-order chi connectivity index (χ0) is 15.9. The summed E-state index contributed by atoms with van der Waals surface area (Å²) in [5, 5.41) is 1.06. The van der Waals surface area contributed by atoms with Crippen molar-refractivity contribution in [3.8, 4) is 0 Å². The minimum Gasteiger partial charge on any atom is -0.358 e. The number of ketones is 1. The lowest BCUT2D eigenvalue weighted by molar-refractivity contribution is 0.0735. The van der Waals surface area contributed by atoms with E-state index in [0.717, 1.165) is 22.2 Å². The highest BCUT2D eigenvalue weighted by molar-refractivity contribution is 6.10. The Kier molecular flexibility index (Phi) is 4.09. The molecule has 22 heavy (non-hydrogen) atoms. The van der Waals surface area contributed by atoms with Gasteiger partial charge in [0.2, 0.25) is 0 Å². The summed E-state index contributed by atoms with van der Waals surface area (Å²) in [6.45, 7) is 9.10. The number of H-pyrrole nitrogens is 1. The van der Waals surface area contributed by atoms with Gasteiger partial charge in [-0.25, -0.2) is 0 Å². The van der Waals surface area contributed by atoms with Crippen LogP contribution in [0.2, 0.25) is 0 Å². The van der Waals surface area contributed by atoms with E-state index in [-0.39, 0.29) is 5.78 Å². The minimum absolute atomic E-state index is 0.244. The number of piperidine rings is 1. The predicted octanol–water partition coefficient (Wildman–Crippen LogP) is 4.23. The third-order valence-electron chi connectivity index (χ3n) is 5.12. The van der Waals surface area contributed by atoms with Gasteiger partial charge in [-0.1, -0.05) is 18.6 Å². The normalized spacial score (nSPS) is 23.1. The molecule has 0 radical (unpaired) electrons. The quantitative estimate of drug-likeness (QED) is 0.861. The first kappa shape index (κ1) is 15.3. The first-order chi connectivity index (χ1) is 10.5. The van der Waals surface area contributed by atoms with E-state index in [4.69, 9.17) is 0 Å². The zero-order valence-electron chi connectivity index (χ0n) is 14.1. The van der Waals surface area contributed by atoms with Gasteiger partial charge in [0.05, 0.1) is 6.54 Å². The molecule has 1 aliphatic rings. The first-order valence-corrected chi connectivity index (χ1v) is 8.35. The van der Waals surface area contributed by atoms with Crippen molar-refractivity contribution >= 4 is 16.7 Å². The molecule has 1 aromatic carbocycles. The van der Waals surface area contributed by atoms with Gasteiger partial charge in [-0.15, -0.1) is 0 Å². The highest BCUT2D eigenvalue weighted by Gasteiger charge is 2.28. The van der Waals surface area contributed by atoms with E-state index >= 15 is 0 Å². The van der Waals surface area contributed by atoms with E-state index in [9.17, 15) is 4.79 Å². The lowest BCUT2D eigenvalue weighted by Gasteiger charge is -2.38. The van der Waals surface area contributed by atoms with Gasteiger partial charge in [-0.3, -0.25) is 9.69 Å². The van der Waals surface area contributed by atoms with Crippen molar-refractivity contribution in [1.29, 1.82) is 0 Å². The fourth-order valence-electron chi connectivity index (χ4n) is 3.84. The van der Waals surface area contributed by atoms with Crippen LogP contribution in [0.3, 0.4) is 0 Å². The van der Waals surface area contributed by atoms with Gasteiger partial charge in [0, 0.05) is 34.2 Å². The van der Waals surface area contributed by atoms with Gasteiger partial charge in [-0.05, 0) is 52.2 Å². The van der Waals surface area contributed by atoms with E-state index < -0.39 is 0 Å². The standard InChI is InChI=1S/C19H26N2O/c1-12-8-9-16-17(10-12)20-15(4)19(16)18(22)11-21-13(2)6-5-7-14(21)3/h8-10,13-14,20H,5-7,11H2,1-4H3/t13-,14-/m1/s1. The number of nitrogens with one attached hydrogen (secondary N) is 1. The van der Waals surface area contributed by atoms with E-state index in [2.05, 4.69) is 48.9 Å². The van der Waals surface area contributed by atoms with E-state index in [0.29, 0.717) is 18.6 Å². The molecule has 3 rings (SSSR count). The summed E-state index contributed by atoms with van der Waals surface area (Å²) < 4.78 is 0. The number of fused-ring (bicyclic) bond motifs is 1. The highest BCUT2D eigenvalue weighted by Crippen LogP contribution is 2.26. The van der Waals surface area contributed by atoms with E-state index in [1.165, 1.54) is 24.8 Å². The summed E-state index contributed by atoms with van der Waals surface area (Å²) in [6, 6.07) is 7.27. The first-order valence-electron chi connectivity index (χ1n) is 8.35. The Morgan fingerprint density at radius 1 is 1.23 bits per heavy atom. The Balaban J connectivity index is 1.90. The highest BCUT2D eigenvalue weighted by atomic mass is 16.1. The van der Waals surface area contributed by atoms with E-state index in [1.54, 1.807) is 0 Å². The van der Waals surface area contributed by atoms with Crippen molar-refractivity contribution in [2.75, 3.05) is 6.54 Å². The number of aromatic nitrogens is 1. The molecule has 1 aromatic heterocycles. The Morgan fingerprint density at radius 2 is 1.91 bits per heavy atom. The van der Waals surface area contributed by atoms with Crippen LogP contribution in [-0.2, 0) is 0 Å². The Labute approximate surface area is 132 Å². The zero-order valence-corrected chi connectivity index (χ0v) is 14.1. The van der Waals surface area contributed by atoms with Crippen LogP contribution in [0.15, 0.2) is 18.2 Å². The molecule has 2 heterocycles. The predicted molar refractivity (Wildman–Crippen MR) is 91.6 cm³/mol. The van der Waals surface area contributed by atoms with Crippen molar-refractivity contribution in [3.05, 3.63) is 35.0 Å². The van der Waals surface area contributed by atoms with Crippen molar-refractivity contribution in [3.63, 3.8) is 0 Å². The summed E-state index contributed by atoms with van der Waals surface area (Å²) in [5.41, 5.74) is 4.15. The fraction of sp³-hybridized carbons (Fsp3) is 0.526. The summed E-state index contributed by atoms with van der Waals surface area (Å²) in [7, 11) is 0. The Bertz CT molecular complexity index is 691. The minimum atomic E-state index is 0.244. The van der Waals surface area contributed by atoms with Crippen LogP contribution in [0.25, 0.3) is 10.9 Å². The molecule has 1 fully saturated rings. The number of Topliss-reactive ketones (excluding diaryl/α,β-unsaturated/α-hetero) is 1. The molecule has 0 bridgehead atoms. The number of hydrogen-bond donors (Lipinski definition) is 1. The molecule has 3 nitrogen and oxygen atoms in total. The number of benzene rings is 1. The maximum Gasteiger partial charge on any atom is 0.179 e. The monoisotopic (exact) mass is 298 g/mol. The SMILES string of the molecule is Cc1ccc2c(C(=O)CN3[C@H](C)CCC[C@H]3C)c(C)[nH]c2c1. The van der Waals surface area contributed by atoms with E-state index in [1.807, 2.05) is 6.92 Å². The van der Waals surface area contributed by atoms with Crippen LogP contribution in [0, 0.1) is 13.8 Å². The maximum absolute atomic E-state index is 12.9. The molecule has 118 valence electrons. The Morgan fingerprint density at radius 3 is 2.59 bits per heavy atom. The fourth-order valence-corrected chi connectivity index (χ4v) is 3.84. The molecule has 3 heteroatoms. The Hall–Kier alpha value is -1.61. The van der Waals surface area contributed by atoms with Crippen LogP contribution in [0.5, 0.6) is 0 Å². The molecule has 1 N–H and O–H groups in total. The number of rotatable bonds is 3.